The molecule has 0 saturated carbocycles. The van der Waals surface area contributed by atoms with E-state index in [1.807, 2.05) is 67.9 Å². The third-order valence-corrected chi connectivity index (χ3v) is 3.23. The molecule has 0 fully saturated rings. The molecular weight excluding hydrogens is 236 g/mol. The normalized spacial score (nSPS) is 10.3. The number of hydrogen-bond donors (Lipinski definition) is 1. The lowest BCUT2D eigenvalue weighted by Crippen LogP contribution is -2.43. The summed E-state index contributed by atoms with van der Waals surface area (Å²) >= 11 is 0. The van der Waals surface area contributed by atoms with Gasteiger partial charge in [-0.25, -0.2) is 0 Å². The van der Waals surface area contributed by atoms with Gasteiger partial charge in [-0.05, 0) is 37.6 Å². The van der Waals surface area contributed by atoms with Crippen molar-refractivity contribution in [1.82, 2.24) is 0 Å². The molecule has 0 saturated heterocycles. The summed E-state index contributed by atoms with van der Waals surface area (Å²) in [4.78, 5) is 12.0. The highest BCUT2D eigenvalue weighted by molar-refractivity contribution is 5.89. The minimum Gasteiger partial charge on any atom is -0.321 e. The van der Waals surface area contributed by atoms with Crippen LogP contribution in [-0.4, -0.2) is 5.91 Å². The van der Waals surface area contributed by atoms with Gasteiger partial charge in [0.25, 0.3) is 5.91 Å². The zero-order chi connectivity index (χ0) is 13.8. The monoisotopic (exact) mass is 255 g/mol. The summed E-state index contributed by atoms with van der Waals surface area (Å²) < 4.78 is 1.96. The van der Waals surface area contributed by atoms with Crippen molar-refractivity contribution in [3.8, 4) is 0 Å². The number of rotatable bonds is 3. The van der Waals surface area contributed by atoms with Crippen LogP contribution < -0.4 is 9.88 Å². The predicted molar refractivity (Wildman–Crippen MR) is 75.9 cm³/mol. The zero-order valence-corrected chi connectivity index (χ0v) is 11.6. The quantitative estimate of drug-likeness (QED) is 0.840. The van der Waals surface area contributed by atoms with Crippen molar-refractivity contribution in [2.45, 2.75) is 27.3 Å². The molecule has 1 N–H and O–H groups in total. The molecule has 0 radical (unpaired) electrons. The fourth-order valence-electron chi connectivity index (χ4n) is 2.00. The molecule has 0 aliphatic carbocycles. The highest BCUT2D eigenvalue weighted by atomic mass is 16.1. The third kappa shape index (κ3) is 3.41. The number of nitrogens with zero attached hydrogens (tertiary/aromatic N) is 1. The van der Waals surface area contributed by atoms with E-state index < -0.39 is 0 Å². The Morgan fingerprint density at radius 1 is 1.16 bits per heavy atom. The molecule has 98 valence electrons. The average molecular weight is 255 g/mol. The first kappa shape index (κ1) is 13.3. The lowest BCUT2D eigenvalue weighted by molar-refractivity contribution is -0.690. The van der Waals surface area contributed by atoms with Gasteiger partial charge in [0.05, 0.1) is 0 Å². The summed E-state index contributed by atoms with van der Waals surface area (Å²) in [5, 5.41) is 2.92. The van der Waals surface area contributed by atoms with Crippen LogP contribution >= 0.6 is 0 Å². The van der Waals surface area contributed by atoms with Gasteiger partial charge in [0.1, 0.15) is 0 Å². The van der Waals surface area contributed by atoms with Crippen LogP contribution in [0, 0.1) is 20.8 Å². The first-order valence-electron chi connectivity index (χ1n) is 6.38. The molecule has 0 unspecified atom stereocenters. The van der Waals surface area contributed by atoms with Crippen LogP contribution in [0.2, 0.25) is 0 Å². The lowest BCUT2D eigenvalue weighted by atomic mass is 10.2. The second-order valence-corrected chi connectivity index (χ2v) is 4.82. The van der Waals surface area contributed by atoms with Gasteiger partial charge in [-0.3, -0.25) is 4.79 Å². The molecule has 3 nitrogen and oxygen atoms in total. The molecule has 0 spiro atoms. The number of anilines is 1. The first-order valence-corrected chi connectivity index (χ1v) is 6.38. The summed E-state index contributed by atoms with van der Waals surface area (Å²) in [6.45, 7) is 6.41. The SMILES string of the molecule is Cc1cccc(NC(=O)C[n+]2cccc(C)c2C)c1. The van der Waals surface area contributed by atoms with E-state index in [1.54, 1.807) is 0 Å². The predicted octanol–water partition coefficient (Wildman–Crippen LogP) is 2.54. The Labute approximate surface area is 113 Å². The Balaban J connectivity index is 2.08. The molecule has 0 atom stereocenters. The highest BCUT2D eigenvalue weighted by Gasteiger charge is 2.13. The number of aryl methyl sites for hydroxylation is 2. The molecule has 0 bridgehead atoms. The Kier molecular flexibility index (Phi) is 3.95. The maximum atomic E-state index is 12.0. The van der Waals surface area contributed by atoms with Crippen molar-refractivity contribution in [2.75, 3.05) is 5.32 Å². The molecule has 1 heterocycles. The molecule has 3 heteroatoms. The van der Waals surface area contributed by atoms with Crippen molar-refractivity contribution in [2.24, 2.45) is 0 Å². The standard InChI is InChI=1S/C16H18N2O/c1-12-6-4-8-15(10-12)17-16(19)11-18-9-5-7-13(2)14(18)3/h4-10H,11H2,1-3H3/p+1. The van der Waals surface area contributed by atoms with Crippen LogP contribution in [0.4, 0.5) is 5.69 Å². The van der Waals surface area contributed by atoms with Crippen LogP contribution in [0.5, 0.6) is 0 Å². The van der Waals surface area contributed by atoms with Gasteiger partial charge in [-0.1, -0.05) is 12.1 Å². The minimum absolute atomic E-state index is 0.00991. The molecule has 2 rings (SSSR count). The van der Waals surface area contributed by atoms with E-state index >= 15 is 0 Å². The average Bonchev–Trinajstić information content (AvgIpc) is 2.35. The molecule has 2 aromatic rings. The summed E-state index contributed by atoms with van der Waals surface area (Å²) in [5.41, 5.74) is 4.28. The molecule has 1 aromatic carbocycles. The first-order chi connectivity index (χ1) is 9.06. The van der Waals surface area contributed by atoms with E-state index in [-0.39, 0.29) is 5.91 Å². The number of hydrogen-bond acceptors (Lipinski definition) is 1. The van der Waals surface area contributed by atoms with Gasteiger partial charge in [-0.15, -0.1) is 0 Å². The Morgan fingerprint density at radius 3 is 2.68 bits per heavy atom. The van der Waals surface area contributed by atoms with Crippen molar-refractivity contribution < 1.29 is 9.36 Å². The molecule has 1 amide bonds. The molecule has 0 aliphatic heterocycles. The van der Waals surface area contributed by atoms with E-state index in [2.05, 4.69) is 5.32 Å². The Morgan fingerprint density at radius 2 is 1.95 bits per heavy atom. The van der Waals surface area contributed by atoms with Crippen molar-refractivity contribution in [3.05, 3.63) is 59.4 Å². The van der Waals surface area contributed by atoms with Gasteiger partial charge in [0.2, 0.25) is 6.54 Å². The highest BCUT2D eigenvalue weighted by Crippen LogP contribution is 2.09. The minimum atomic E-state index is -0.00991. The fraction of sp³-hybridized carbons (Fsp3) is 0.250. The van der Waals surface area contributed by atoms with Gasteiger partial charge >= 0.3 is 0 Å². The van der Waals surface area contributed by atoms with E-state index in [9.17, 15) is 4.79 Å². The summed E-state index contributed by atoms with van der Waals surface area (Å²) in [6, 6.07) is 11.8. The smallest absolute Gasteiger partial charge is 0.290 e. The summed E-state index contributed by atoms with van der Waals surface area (Å²) in [7, 11) is 0. The second-order valence-electron chi connectivity index (χ2n) is 4.82. The third-order valence-electron chi connectivity index (χ3n) is 3.23. The van der Waals surface area contributed by atoms with Crippen LogP contribution in [0.15, 0.2) is 42.6 Å². The molecule has 19 heavy (non-hydrogen) atoms. The summed E-state index contributed by atoms with van der Waals surface area (Å²) in [5.74, 6) is -0.00991. The second kappa shape index (κ2) is 5.65. The van der Waals surface area contributed by atoms with E-state index in [4.69, 9.17) is 0 Å². The van der Waals surface area contributed by atoms with E-state index in [0.29, 0.717) is 6.54 Å². The van der Waals surface area contributed by atoms with Crippen molar-refractivity contribution >= 4 is 11.6 Å². The summed E-state index contributed by atoms with van der Waals surface area (Å²) in [6.07, 6.45) is 1.93. The Bertz CT molecular complexity index is 605. The van der Waals surface area contributed by atoms with Crippen LogP contribution in [0.1, 0.15) is 16.8 Å². The van der Waals surface area contributed by atoms with Crippen LogP contribution in [0.3, 0.4) is 0 Å². The molecular formula is C16H19N2O+. The fourth-order valence-corrected chi connectivity index (χ4v) is 2.00. The topological polar surface area (TPSA) is 33.0 Å². The van der Waals surface area contributed by atoms with Gasteiger partial charge < -0.3 is 5.32 Å². The lowest BCUT2D eigenvalue weighted by Gasteiger charge is -2.05. The van der Waals surface area contributed by atoms with Crippen LogP contribution in [0.25, 0.3) is 0 Å². The molecule has 1 aromatic heterocycles. The largest absolute Gasteiger partial charge is 0.321 e. The maximum absolute atomic E-state index is 12.0. The van der Waals surface area contributed by atoms with Crippen LogP contribution in [-0.2, 0) is 11.3 Å². The Hall–Kier alpha value is -2.16. The number of carbonyl (C=O) groups is 1. The van der Waals surface area contributed by atoms with E-state index in [1.165, 1.54) is 5.56 Å². The molecule has 0 aliphatic rings. The zero-order valence-electron chi connectivity index (χ0n) is 11.6. The number of pyridine rings is 1. The number of benzene rings is 1. The van der Waals surface area contributed by atoms with Gasteiger partial charge in [0.15, 0.2) is 11.9 Å². The van der Waals surface area contributed by atoms with Gasteiger partial charge in [-0.2, -0.15) is 4.57 Å². The van der Waals surface area contributed by atoms with E-state index in [0.717, 1.165) is 16.9 Å². The number of aromatic nitrogens is 1. The number of amides is 1. The van der Waals surface area contributed by atoms with Crippen molar-refractivity contribution in [3.63, 3.8) is 0 Å². The van der Waals surface area contributed by atoms with Gasteiger partial charge in [0, 0.05) is 24.2 Å². The maximum Gasteiger partial charge on any atom is 0.290 e. The van der Waals surface area contributed by atoms with Crippen molar-refractivity contribution in [1.29, 1.82) is 0 Å². The number of carbonyl (C=O) groups excluding carboxylic acids is 1. The number of nitrogens with one attached hydrogen (secondary N) is 1.